The van der Waals surface area contributed by atoms with Crippen LogP contribution in [0.4, 0.5) is 0 Å². The van der Waals surface area contributed by atoms with Crippen LogP contribution in [0.5, 0.6) is 0 Å². The van der Waals surface area contributed by atoms with Crippen LogP contribution in [0.1, 0.15) is 12.0 Å². The second kappa shape index (κ2) is 5.39. The Kier molecular flexibility index (Phi) is 3.88. The van der Waals surface area contributed by atoms with Crippen molar-refractivity contribution in [2.24, 2.45) is 5.73 Å². The van der Waals surface area contributed by atoms with Crippen molar-refractivity contribution in [3.05, 3.63) is 30.1 Å². The minimum Gasteiger partial charge on any atom is -0.380 e. The summed E-state index contributed by atoms with van der Waals surface area (Å²) in [5.74, 6) is 0. The van der Waals surface area contributed by atoms with E-state index in [-0.39, 0.29) is 6.04 Å². The lowest BCUT2D eigenvalue weighted by atomic mass is 10.0. The first-order chi connectivity index (χ1) is 7.77. The first kappa shape index (κ1) is 11.5. The summed E-state index contributed by atoms with van der Waals surface area (Å²) in [4.78, 5) is 6.28. The molecule has 1 aliphatic rings. The Bertz CT molecular complexity index is 317. The van der Waals surface area contributed by atoms with Gasteiger partial charge in [0.1, 0.15) is 0 Å². The zero-order chi connectivity index (χ0) is 11.4. The zero-order valence-electron chi connectivity index (χ0n) is 9.67. The maximum absolute atomic E-state index is 6.10. The van der Waals surface area contributed by atoms with E-state index in [1.807, 2.05) is 24.5 Å². The summed E-state index contributed by atoms with van der Waals surface area (Å²) in [5.41, 5.74) is 7.36. The van der Waals surface area contributed by atoms with Crippen LogP contribution in [-0.2, 0) is 11.3 Å². The predicted octanol–water partition coefficient (Wildman–Crippen LogP) is 0.630. The molecule has 4 nitrogen and oxygen atoms in total. The summed E-state index contributed by atoms with van der Waals surface area (Å²) < 4.78 is 5.48. The Labute approximate surface area is 96.4 Å². The zero-order valence-corrected chi connectivity index (χ0v) is 9.67. The Morgan fingerprint density at radius 3 is 2.94 bits per heavy atom. The third kappa shape index (κ3) is 2.78. The van der Waals surface area contributed by atoms with E-state index < -0.39 is 0 Å². The largest absolute Gasteiger partial charge is 0.380 e. The van der Waals surface area contributed by atoms with Crippen LogP contribution in [0.3, 0.4) is 0 Å². The molecule has 1 aromatic heterocycles. The Morgan fingerprint density at radius 1 is 1.50 bits per heavy atom. The Hall–Kier alpha value is -0.970. The van der Waals surface area contributed by atoms with Crippen molar-refractivity contribution >= 4 is 0 Å². The van der Waals surface area contributed by atoms with E-state index in [9.17, 15) is 0 Å². The van der Waals surface area contributed by atoms with Crippen LogP contribution in [0.15, 0.2) is 24.5 Å². The van der Waals surface area contributed by atoms with Crippen molar-refractivity contribution in [2.45, 2.75) is 25.0 Å². The van der Waals surface area contributed by atoms with Gasteiger partial charge >= 0.3 is 0 Å². The van der Waals surface area contributed by atoms with Gasteiger partial charge in [0.15, 0.2) is 0 Å². The number of ether oxygens (including phenoxy) is 1. The van der Waals surface area contributed by atoms with Crippen LogP contribution in [0, 0.1) is 0 Å². The van der Waals surface area contributed by atoms with Crippen LogP contribution < -0.4 is 5.73 Å². The lowest BCUT2D eigenvalue weighted by Crippen LogP contribution is -2.51. The molecule has 88 valence electrons. The van der Waals surface area contributed by atoms with Gasteiger partial charge in [-0.15, -0.1) is 0 Å². The summed E-state index contributed by atoms with van der Waals surface area (Å²) in [6.07, 6.45) is 4.59. The SMILES string of the molecule is CN(Cc1ccncc1)C1COCCC1N. The van der Waals surface area contributed by atoms with E-state index >= 15 is 0 Å². The molecule has 2 N–H and O–H groups in total. The quantitative estimate of drug-likeness (QED) is 0.813. The minimum absolute atomic E-state index is 0.223. The van der Waals surface area contributed by atoms with Crippen LogP contribution in [-0.4, -0.2) is 42.2 Å². The molecule has 0 saturated carbocycles. The van der Waals surface area contributed by atoms with Crippen molar-refractivity contribution in [2.75, 3.05) is 20.3 Å². The Morgan fingerprint density at radius 2 is 2.25 bits per heavy atom. The fraction of sp³-hybridized carbons (Fsp3) is 0.583. The molecule has 0 aliphatic carbocycles. The van der Waals surface area contributed by atoms with Gasteiger partial charge in [-0.3, -0.25) is 9.88 Å². The first-order valence-corrected chi connectivity index (χ1v) is 5.70. The van der Waals surface area contributed by atoms with Gasteiger partial charge in [-0.25, -0.2) is 0 Å². The molecule has 4 heteroatoms. The maximum Gasteiger partial charge on any atom is 0.0636 e. The molecule has 0 spiro atoms. The second-order valence-corrected chi connectivity index (χ2v) is 4.37. The molecule has 1 aliphatic heterocycles. The van der Waals surface area contributed by atoms with Crippen LogP contribution in [0.2, 0.25) is 0 Å². The summed E-state index contributed by atoms with van der Waals surface area (Å²) in [5, 5.41) is 0. The summed E-state index contributed by atoms with van der Waals surface area (Å²) in [7, 11) is 2.10. The number of nitrogens with two attached hydrogens (primary N) is 1. The lowest BCUT2D eigenvalue weighted by Gasteiger charge is -2.35. The van der Waals surface area contributed by atoms with E-state index in [2.05, 4.69) is 16.9 Å². The standard InChI is InChI=1S/C12H19N3O/c1-15(8-10-2-5-14-6-3-10)12-9-16-7-4-11(12)13/h2-3,5-6,11-12H,4,7-9,13H2,1H3. The van der Waals surface area contributed by atoms with E-state index in [0.717, 1.165) is 26.2 Å². The van der Waals surface area contributed by atoms with E-state index in [0.29, 0.717) is 6.04 Å². The highest BCUT2D eigenvalue weighted by Crippen LogP contribution is 2.13. The van der Waals surface area contributed by atoms with Gasteiger partial charge in [0.25, 0.3) is 0 Å². The van der Waals surface area contributed by atoms with Crippen molar-refractivity contribution in [3.63, 3.8) is 0 Å². The number of hydrogen-bond acceptors (Lipinski definition) is 4. The second-order valence-electron chi connectivity index (χ2n) is 4.37. The molecule has 0 amide bonds. The molecule has 2 unspecified atom stereocenters. The van der Waals surface area contributed by atoms with Crippen LogP contribution >= 0.6 is 0 Å². The molecular formula is C12H19N3O. The fourth-order valence-electron chi connectivity index (χ4n) is 2.09. The highest BCUT2D eigenvalue weighted by Gasteiger charge is 2.25. The smallest absolute Gasteiger partial charge is 0.0636 e. The van der Waals surface area contributed by atoms with Crippen molar-refractivity contribution in [3.8, 4) is 0 Å². The molecule has 2 heterocycles. The topological polar surface area (TPSA) is 51.4 Å². The third-order valence-electron chi connectivity index (χ3n) is 3.13. The predicted molar refractivity (Wildman–Crippen MR) is 62.9 cm³/mol. The molecule has 16 heavy (non-hydrogen) atoms. The Balaban J connectivity index is 1.94. The van der Waals surface area contributed by atoms with Gasteiger partial charge in [0, 0.05) is 37.6 Å². The number of rotatable bonds is 3. The molecule has 1 fully saturated rings. The highest BCUT2D eigenvalue weighted by atomic mass is 16.5. The fourth-order valence-corrected chi connectivity index (χ4v) is 2.09. The first-order valence-electron chi connectivity index (χ1n) is 5.70. The number of aromatic nitrogens is 1. The van der Waals surface area contributed by atoms with E-state index in [1.54, 1.807) is 0 Å². The molecule has 1 saturated heterocycles. The molecular weight excluding hydrogens is 202 g/mol. The summed E-state index contributed by atoms with van der Waals surface area (Å²) in [6, 6.07) is 4.61. The van der Waals surface area contributed by atoms with Gasteiger partial charge in [0.05, 0.1) is 6.61 Å². The number of nitrogens with zero attached hydrogens (tertiary/aromatic N) is 2. The molecule has 2 atom stereocenters. The monoisotopic (exact) mass is 221 g/mol. The summed E-state index contributed by atoms with van der Waals surface area (Å²) >= 11 is 0. The van der Waals surface area contributed by atoms with Gasteiger partial charge < -0.3 is 10.5 Å². The minimum atomic E-state index is 0.223. The van der Waals surface area contributed by atoms with E-state index in [4.69, 9.17) is 10.5 Å². The normalized spacial score (nSPS) is 25.9. The van der Waals surface area contributed by atoms with Crippen molar-refractivity contribution in [1.82, 2.24) is 9.88 Å². The van der Waals surface area contributed by atoms with Crippen molar-refractivity contribution in [1.29, 1.82) is 0 Å². The lowest BCUT2D eigenvalue weighted by molar-refractivity contribution is 0.0127. The third-order valence-corrected chi connectivity index (χ3v) is 3.13. The average molecular weight is 221 g/mol. The number of likely N-dealkylation sites (N-methyl/N-ethyl adjacent to an activating group) is 1. The maximum atomic E-state index is 6.10. The van der Waals surface area contributed by atoms with Gasteiger partial charge in [0.2, 0.25) is 0 Å². The van der Waals surface area contributed by atoms with Gasteiger partial charge in [-0.1, -0.05) is 0 Å². The van der Waals surface area contributed by atoms with Gasteiger partial charge in [-0.2, -0.15) is 0 Å². The molecule has 0 aromatic carbocycles. The number of pyridine rings is 1. The molecule has 0 bridgehead atoms. The summed E-state index contributed by atoms with van der Waals surface area (Å²) in [6.45, 7) is 2.42. The number of hydrogen-bond donors (Lipinski definition) is 1. The van der Waals surface area contributed by atoms with Crippen molar-refractivity contribution < 1.29 is 4.74 Å². The van der Waals surface area contributed by atoms with E-state index in [1.165, 1.54) is 5.56 Å². The van der Waals surface area contributed by atoms with Gasteiger partial charge in [-0.05, 0) is 31.2 Å². The van der Waals surface area contributed by atoms with Crippen LogP contribution in [0.25, 0.3) is 0 Å². The highest BCUT2D eigenvalue weighted by molar-refractivity contribution is 5.09. The molecule has 1 aromatic rings. The molecule has 0 radical (unpaired) electrons. The average Bonchev–Trinajstić information content (AvgIpc) is 2.31. The molecule has 2 rings (SSSR count).